The van der Waals surface area contributed by atoms with Crippen LogP contribution in [-0.4, -0.2) is 47.0 Å². The van der Waals surface area contributed by atoms with E-state index in [2.05, 4.69) is 0 Å². The van der Waals surface area contributed by atoms with E-state index in [-0.39, 0.29) is 28.4 Å². The van der Waals surface area contributed by atoms with Crippen LogP contribution in [0.25, 0.3) is 10.2 Å². The highest BCUT2D eigenvalue weighted by molar-refractivity contribution is 7.90. The molecule has 1 aromatic heterocycles. The highest BCUT2D eigenvalue weighted by Crippen LogP contribution is 2.41. The summed E-state index contributed by atoms with van der Waals surface area (Å²) in [7, 11) is -3.90. The molecule has 32 heavy (non-hydrogen) atoms. The van der Waals surface area contributed by atoms with Gasteiger partial charge >= 0.3 is 0 Å². The molecule has 9 heteroatoms. The standard InChI is InChI=1S/C23H21N3O4S2/c27-22(14-8-11-16-20(13-14)32(29,30)26(23(16)28)15-9-10-15)25-12-4-3-6-18(25)21-24-17-5-1-2-7-19(17)31-21/h1-2,5,7-8,11,13,15,18H,3-4,6,9-10,12H2. The highest BCUT2D eigenvalue weighted by Gasteiger charge is 2.49. The maximum absolute atomic E-state index is 13.5. The number of hydrogen-bond acceptors (Lipinski definition) is 6. The van der Waals surface area contributed by atoms with Crippen molar-refractivity contribution in [3.8, 4) is 0 Å². The van der Waals surface area contributed by atoms with Gasteiger partial charge < -0.3 is 4.90 Å². The number of benzene rings is 2. The first kappa shape index (κ1) is 19.9. The maximum atomic E-state index is 13.5. The van der Waals surface area contributed by atoms with Gasteiger partial charge in [-0.3, -0.25) is 9.59 Å². The lowest BCUT2D eigenvalue weighted by atomic mass is 10.0. The molecule has 7 nitrogen and oxygen atoms in total. The molecule has 1 atom stereocenters. The molecule has 0 spiro atoms. The summed E-state index contributed by atoms with van der Waals surface area (Å²) in [5, 5.41) is 0.906. The number of nitrogens with zero attached hydrogens (tertiary/aromatic N) is 3. The average Bonchev–Trinajstić information content (AvgIpc) is 3.49. The Hall–Kier alpha value is -2.78. The molecule has 1 aliphatic carbocycles. The van der Waals surface area contributed by atoms with E-state index in [0.29, 0.717) is 24.9 Å². The van der Waals surface area contributed by atoms with Gasteiger partial charge in [-0.2, -0.15) is 0 Å². The normalized spacial score (nSPS) is 22.4. The van der Waals surface area contributed by atoms with E-state index in [4.69, 9.17) is 4.98 Å². The summed E-state index contributed by atoms with van der Waals surface area (Å²) in [5.41, 5.74) is 1.38. The fourth-order valence-corrected chi connectivity index (χ4v) is 7.64. The number of sulfonamides is 1. The van der Waals surface area contributed by atoms with Gasteiger partial charge in [0.2, 0.25) is 0 Å². The fourth-order valence-electron chi connectivity index (χ4n) is 4.68. The summed E-state index contributed by atoms with van der Waals surface area (Å²) in [6, 6.07) is 12.0. The third-order valence-electron chi connectivity index (χ3n) is 6.43. The van der Waals surface area contributed by atoms with Gasteiger partial charge in [0.15, 0.2) is 0 Å². The van der Waals surface area contributed by atoms with Crippen LogP contribution in [0.2, 0.25) is 0 Å². The van der Waals surface area contributed by atoms with Gasteiger partial charge in [0, 0.05) is 18.2 Å². The first-order valence-electron chi connectivity index (χ1n) is 10.8. The quantitative estimate of drug-likeness (QED) is 0.582. The lowest BCUT2D eigenvalue weighted by Gasteiger charge is -2.34. The Morgan fingerprint density at radius 2 is 1.88 bits per heavy atom. The zero-order valence-electron chi connectivity index (χ0n) is 17.2. The van der Waals surface area contributed by atoms with Crippen LogP contribution in [0.5, 0.6) is 0 Å². The molecule has 0 radical (unpaired) electrons. The molecular weight excluding hydrogens is 446 g/mol. The summed E-state index contributed by atoms with van der Waals surface area (Å²) in [4.78, 5) is 32.7. The van der Waals surface area contributed by atoms with Crippen molar-refractivity contribution < 1.29 is 18.0 Å². The van der Waals surface area contributed by atoms with Gasteiger partial charge in [-0.05, 0) is 62.4 Å². The molecule has 2 fully saturated rings. The molecule has 2 aliphatic heterocycles. The summed E-state index contributed by atoms with van der Waals surface area (Å²) in [6.07, 6.45) is 4.12. The Bertz CT molecular complexity index is 1340. The number of carbonyl (C=O) groups excluding carboxylic acids is 2. The Balaban J connectivity index is 1.36. The van der Waals surface area contributed by atoms with Crippen LogP contribution in [-0.2, 0) is 10.0 Å². The second-order valence-corrected chi connectivity index (χ2v) is 11.4. The van der Waals surface area contributed by atoms with Gasteiger partial charge in [0.1, 0.15) is 9.90 Å². The van der Waals surface area contributed by atoms with Crippen molar-refractivity contribution in [2.75, 3.05) is 6.54 Å². The molecule has 6 rings (SSSR count). The Morgan fingerprint density at radius 1 is 1.06 bits per heavy atom. The summed E-state index contributed by atoms with van der Waals surface area (Å²) < 4.78 is 28.1. The predicted octanol–water partition coefficient (Wildman–Crippen LogP) is 3.97. The molecule has 0 bridgehead atoms. The van der Waals surface area contributed by atoms with Crippen molar-refractivity contribution in [2.45, 2.75) is 49.1 Å². The largest absolute Gasteiger partial charge is 0.329 e. The second-order valence-electron chi connectivity index (χ2n) is 8.58. The summed E-state index contributed by atoms with van der Waals surface area (Å²) in [6.45, 7) is 0.594. The van der Waals surface area contributed by atoms with E-state index in [0.717, 1.165) is 38.8 Å². The van der Waals surface area contributed by atoms with Crippen LogP contribution in [0.3, 0.4) is 0 Å². The zero-order chi connectivity index (χ0) is 22.0. The lowest BCUT2D eigenvalue weighted by Crippen LogP contribution is -2.38. The van der Waals surface area contributed by atoms with E-state index >= 15 is 0 Å². The molecular formula is C23H21N3O4S2. The number of rotatable bonds is 3. The number of fused-ring (bicyclic) bond motifs is 2. The molecule has 2 amide bonds. The van der Waals surface area contributed by atoms with Crippen LogP contribution in [0.15, 0.2) is 47.4 Å². The molecule has 3 aliphatic rings. The first-order chi connectivity index (χ1) is 15.4. The molecule has 1 saturated heterocycles. The van der Waals surface area contributed by atoms with E-state index in [1.54, 1.807) is 17.4 Å². The van der Waals surface area contributed by atoms with Crippen LogP contribution in [0.1, 0.15) is 63.9 Å². The van der Waals surface area contributed by atoms with Gasteiger partial charge in [-0.25, -0.2) is 17.7 Å². The van der Waals surface area contributed by atoms with Crippen molar-refractivity contribution in [3.63, 3.8) is 0 Å². The molecule has 1 saturated carbocycles. The number of amides is 2. The van der Waals surface area contributed by atoms with E-state index in [1.807, 2.05) is 29.2 Å². The zero-order valence-corrected chi connectivity index (χ0v) is 18.9. The van der Waals surface area contributed by atoms with Gasteiger partial charge in [0.25, 0.3) is 21.8 Å². The lowest BCUT2D eigenvalue weighted by molar-refractivity contribution is 0.0610. The Kier molecular flexibility index (Phi) is 4.42. The predicted molar refractivity (Wildman–Crippen MR) is 120 cm³/mol. The van der Waals surface area contributed by atoms with Crippen molar-refractivity contribution in [1.29, 1.82) is 0 Å². The van der Waals surface area contributed by atoms with E-state index in [1.165, 1.54) is 12.1 Å². The number of piperidine rings is 1. The van der Waals surface area contributed by atoms with Crippen molar-refractivity contribution in [3.05, 3.63) is 58.6 Å². The van der Waals surface area contributed by atoms with Crippen molar-refractivity contribution >= 4 is 43.4 Å². The average molecular weight is 468 g/mol. The van der Waals surface area contributed by atoms with Gasteiger partial charge in [-0.1, -0.05) is 12.1 Å². The third-order valence-corrected chi connectivity index (χ3v) is 9.45. The number of para-hydroxylation sites is 1. The number of carbonyl (C=O) groups is 2. The van der Waals surface area contributed by atoms with E-state index < -0.39 is 15.9 Å². The monoisotopic (exact) mass is 467 g/mol. The van der Waals surface area contributed by atoms with Gasteiger partial charge in [-0.15, -0.1) is 11.3 Å². The number of thiazole rings is 1. The molecule has 2 aromatic carbocycles. The summed E-state index contributed by atoms with van der Waals surface area (Å²) in [5.74, 6) is -0.698. The highest BCUT2D eigenvalue weighted by atomic mass is 32.2. The van der Waals surface area contributed by atoms with Crippen LogP contribution >= 0.6 is 11.3 Å². The number of aromatic nitrogens is 1. The maximum Gasteiger partial charge on any atom is 0.269 e. The van der Waals surface area contributed by atoms with E-state index in [9.17, 15) is 18.0 Å². The molecule has 3 aromatic rings. The number of hydrogen-bond donors (Lipinski definition) is 0. The molecule has 164 valence electrons. The minimum absolute atomic E-state index is 0.0474. The number of likely N-dealkylation sites (tertiary alicyclic amines) is 1. The third kappa shape index (κ3) is 2.98. The van der Waals surface area contributed by atoms with Crippen LogP contribution < -0.4 is 0 Å². The van der Waals surface area contributed by atoms with Gasteiger partial charge in [0.05, 0.1) is 21.8 Å². The molecule has 0 N–H and O–H groups in total. The molecule has 1 unspecified atom stereocenters. The van der Waals surface area contributed by atoms with Crippen molar-refractivity contribution in [1.82, 2.24) is 14.2 Å². The Morgan fingerprint density at radius 3 is 2.66 bits per heavy atom. The van der Waals surface area contributed by atoms with Crippen LogP contribution in [0.4, 0.5) is 0 Å². The second kappa shape index (κ2) is 7.11. The smallest absolute Gasteiger partial charge is 0.269 e. The molecule has 3 heterocycles. The Labute approximate surface area is 189 Å². The minimum Gasteiger partial charge on any atom is -0.329 e. The van der Waals surface area contributed by atoms with Crippen molar-refractivity contribution in [2.24, 2.45) is 0 Å². The minimum atomic E-state index is -3.90. The fraction of sp³-hybridized carbons (Fsp3) is 0.348. The topological polar surface area (TPSA) is 87.7 Å². The van der Waals surface area contributed by atoms with Crippen LogP contribution in [0, 0.1) is 0 Å². The summed E-state index contributed by atoms with van der Waals surface area (Å²) >= 11 is 1.60. The SMILES string of the molecule is O=C(c1ccc2c(c1)S(=O)(=O)N(C1CC1)C2=O)N1CCCCC1c1nc2ccccc2s1. The first-order valence-corrected chi connectivity index (χ1v) is 13.1.